The van der Waals surface area contributed by atoms with Crippen molar-refractivity contribution in [1.29, 1.82) is 0 Å². The first-order valence-corrected chi connectivity index (χ1v) is 8.03. The maximum Gasteiger partial charge on any atom is 0.0160 e. The van der Waals surface area contributed by atoms with E-state index in [0.29, 0.717) is 0 Å². The van der Waals surface area contributed by atoms with Gasteiger partial charge in [-0.3, -0.25) is 0 Å². The molecule has 0 bridgehead atoms. The summed E-state index contributed by atoms with van der Waals surface area (Å²) >= 11 is 2.09. The smallest absolute Gasteiger partial charge is 0.0160 e. The lowest BCUT2D eigenvalue weighted by Crippen LogP contribution is -2.34. The molecule has 16 heavy (non-hydrogen) atoms. The second kappa shape index (κ2) is 10.5. The molecular weight excluding hydrogens is 214 g/mol. The van der Waals surface area contributed by atoms with Crippen LogP contribution in [0.2, 0.25) is 0 Å². The van der Waals surface area contributed by atoms with Crippen molar-refractivity contribution < 1.29 is 0 Å². The highest BCUT2D eigenvalue weighted by atomic mass is 32.2. The minimum atomic E-state index is 0.720. The highest BCUT2D eigenvalue weighted by molar-refractivity contribution is 7.99. The molecule has 0 aromatic heterocycles. The normalized spacial score (nSPS) is 13.7. The molecule has 1 unspecified atom stereocenters. The molecule has 0 aliphatic heterocycles. The van der Waals surface area contributed by atoms with Gasteiger partial charge in [-0.05, 0) is 30.6 Å². The Morgan fingerprint density at radius 1 is 1.06 bits per heavy atom. The van der Waals surface area contributed by atoms with Crippen molar-refractivity contribution in [1.82, 2.24) is 5.32 Å². The maximum absolute atomic E-state index is 3.70. The van der Waals surface area contributed by atoms with Crippen LogP contribution in [0, 0.1) is 5.92 Å². The number of nitrogens with one attached hydrogen (secondary N) is 1. The van der Waals surface area contributed by atoms with Crippen LogP contribution >= 0.6 is 11.8 Å². The first-order valence-electron chi connectivity index (χ1n) is 6.98. The molecule has 0 aromatic rings. The van der Waals surface area contributed by atoms with Gasteiger partial charge in [-0.1, -0.05) is 47.5 Å². The number of hydrogen-bond donors (Lipinski definition) is 1. The Bertz CT molecular complexity index is 144. The van der Waals surface area contributed by atoms with Gasteiger partial charge in [0, 0.05) is 11.8 Å². The molecule has 2 heteroatoms. The van der Waals surface area contributed by atoms with Gasteiger partial charge in [-0.2, -0.15) is 11.8 Å². The van der Waals surface area contributed by atoms with E-state index in [1.165, 1.54) is 38.0 Å². The molecule has 0 saturated heterocycles. The first kappa shape index (κ1) is 16.3. The second-order valence-corrected chi connectivity index (χ2v) is 6.56. The zero-order valence-corrected chi connectivity index (χ0v) is 12.7. The minimum Gasteiger partial charge on any atom is -0.313 e. The van der Waals surface area contributed by atoms with E-state index in [2.05, 4.69) is 51.7 Å². The number of hydrogen-bond acceptors (Lipinski definition) is 2. The minimum absolute atomic E-state index is 0.720. The van der Waals surface area contributed by atoms with Crippen LogP contribution in [-0.4, -0.2) is 23.6 Å². The van der Waals surface area contributed by atoms with E-state index in [1.807, 2.05) is 0 Å². The van der Waals surface area contributed by atoms with E-state index in [0.717, 1.165) is 17.2 Å². The molecule has 1 N–H and O–H groups in total. The van der Waals surface area contributed by atoms with Gasteiger partial charge in [0.2, 0.25) is 0 Å². The molecule has 1 atom stereocenters. The van der Waals surface area contributed by atoms with Crippen LogP contribution in [0.1, 0.15) is 60.3 Å². The zero-order valence-electron chi connectivity index (χ0n) is 11.9. The molecular formula is C14H31NS. The van der Waals surface area contributed by atoms with Crippen LogP contribution in [0.4, 0.5) is 0 Å². The van der Waals surface area contributed by atoms with Crippen molar-refractivity contribution in [3.63, 3.8) is 0 Å². The lowest BCUT2D eigenvalue weighted by Gasteiger charge is -2.23. The van der Waals surface area contributed by atoms with Gasteiger partial charge in [0.25, 0.3) is 0 Å². The Labute approximate surface area is 107 Å². The molecule has 0 rings (SSSR count). The first-order chi connectivity index (χ1) is 7.63. The predicted octanol–water partition coefficient (Wildman–Crippen LogP) is 4.32. The average Bonchev–Trinajstić information content (AvgIpc) is 2.28. The second-order valence-electron chi connectivity index (χ2n) is 4.95. The van der Waals surface area contributed by atoms with Crippen molar-refractivity contribution in [2.45, 2.75) is 71.6 Å². The van der Waals surface area contributed by atoms with E-state index in [-0.39, 0.29) is 0 Å². The third-order valence-corrected chi connectivity index (χ3v) is 4.35. The molecule has 0 saturated carbocycles. The summed E-state index contributed by atoms with van der Waals surface area (Å²) in [6.45, 7) is 12.6. The monoisotopic (exact) mass is 245 g/mol. The van der Waals surface area contributed by atoms with Gasteiger partial charge in [0.1, 0.15) is 0 Å². The van der Waals surface area contributed by atoms with Crippen molar-refractivity contribution in [3.05, 3.63) is 0 Å². The predicted molar refractivity (Wildman–Crippen MR) is 78.4 cm³/mol. The van der Waals surface area contributed by atoms with Crippen LogP contribution in [0.15, 0.2) is 0 Å². The molecule has 0 aromatic carbocycles. The van der Waals surface area contributed by atoms with Crippen LogP contribution in [0.25, 0.3) is 0 Å². The fourth-order valence-electron chi connectivity index (χ4n) is 1.89. The van der Waals surface area contributed by atoms with Gasteiger partial charge in [-0.25, -0.2) is 0 Å². The standard InChI is InChI=1S/C14H31NS/c1-6-9-15-14(11-16-12(4)5)10-13(7-2)8-3/h12-15H,6-11H2,1-5H3. The van der Waals surface area contributed by atoms with Gasteiger partial charge < -0.3 is 5.32 Å². The topological polar surface area (TPSA) is 12.0 Å². The highest BCUT2D eigenvalue weighted by Crippen LogP contribution is 2.19. The van der Waals surface area contributed by atoms with E-state index in [1.54, 1.807) is 0 Å². The van der Waals surface area contributed by atoms with Gasteiger partial charge in [0.05, 0.1) is 0 Å². The largest absolute Gasteiger partial charge is 0.313 e. The molecule has 0 heterocycles. The summed E-state index contributed by atoms with van der Waals surface area (Å²) in [6, 6.07) is 0.720. The third-order valence-electron chi connectivity index (χ3n) is 3.09. The van der Waals surface area contributed by atoms with Crippen molar-refractivity contribution in [2.75, 3.05) is 12.3 Å². The van der Waals surface area contributed by atoms with Crippen LogP contribution in [-0.2, 0) is 0 Å². The zero-order chi connectivity index (χ0) is 12.4. The lowest BCUT2D eigenvalue weighted by atomic mass is 9.95. The van der Waals surface area contributed by atoms with Crippen LogP contribution < -0.4 is 5.32 Å². The van der Waals surface area contributed by atoms with E-state index in [9.17, 15) is 0 Å². The highest BCUT2D eigenvalue weighted by Gasteiger charge is 2.14. The fraction of sp³-hybridized carbons (Fsp3) is 1.00. The van der Waals surface area contributed by atoms with Gasteiger partial charge in [-0.15, -0.1) is 0 Å². The molecule has 0 radical (unpaired) electrons. The Morgan fingerprint density at radius 2 is 1.69 bits per heavy atom. The number of rotatable bonds is 10. The Kier molecular flexibility index (Phi) is 10.7. The van der Waals surface area contributed by atoms with Crippen LogP contribution in [0.3, 0.4) is 0 Å². The Morgan fingerprint density at radius 3 is 2.12 bits per heavy atom. The fourth-order valence-corrected chi connectivity index (χ4v) is 2.76. The quantitative estimate of drug-likeness (QED) is 0.615. The molecule has 0 aliphatic carbocycles. The number of thioether (sulfide) groups is 1. The molecule has 0 amide bonds. The lowest BCUT2D eigenvalue weighted by molar-refractivity contribution is 0.384. The molecule has 1 nitrogen and oxygen atoms in total. The van der Waals surface area contributed by atoms with Gasteiger partial charge in [0.15, 0.2) is 0 Å². The Hall–Kier alpha value is 0.310. The molecule has 0 spiro atoms. The van der Waals surface area contributed by atoms with Crippen molar-refractivity contribution >= 4 is 11.8 Å². The molecule has 0 fully saturated rings. The van der Waals surface area contributed by atoms with Crippen molar-refractivity contribution in [3.8, 4) is 0 Å². The SMILES string of the molecule is CCCNC(CSC(C)C)CC(CC)CC. The van der Waals surface area contributed by atoms with E-state index in [4.69, 9.17) is 0 Å². The Balaban J connectivity index is 3.97. The van der Waals surface area contributed by atoms with E-state index < -0.39 is 0 Å². The summed E-state index contributed by atoms with van der Waals surface area (Å²) < 4.78 is 0. The summed E-state index contributed by atoms with van der Waals surface area (Å²) in [4.78, 5) is 0. The third kappa shape index (κ3) is 8.46. The van der Waals surface area contributed by atoms with Gasteiger partial charge >= 0.3 is 0 Å². The van der Waals surface area contributed by atoms with Crippen LogP contribution in [0.5, 0.6) is 0 Å². The van der Waals surface area contributed by atoms with E-state index >= 15 is 0 Å². The van der Waals surface area contributed by atoms with Crippen molar-refractivity contribution in [2.24, 2.45) is 5.92 Å². The summed E-state index contributed by atoms with van der Waals surface area (Å²) in [6.07, 6.45) is 5.25. The maximum atomic E-state index is 3.70. The summed E-state index contributed by atoms with van der Waals surface area (Å²) in [5.74, 6) is 2.18. The molecule has 98 valence electrons. The average molecular weight is 245 g/mol. The summed E-state index contributed by atoms with van der Waals surface area (Å²) in [7, 11) is 0. The summed E-state index contributed by atoms with van der Waals surface area (Å²) in [5.41, 5.74) is 0. The summed E-state index contributed by atoms with van der Waals surface area (Å²) in [5, 5.41) is 4.46. The molecule has 0 aliphatic rings.